The number of anilines is 2. The Labute approximate surface area is 302 Å². The number of nitrogens with one attached hydrogen (secondary N) is 1. The SMILES string of the molecule is CC(=O)Nc1ccc(OCCOCCOCCOCCOCCOCCOCCOCCOCCOCCOCCOc2ccc(N)cc2)cc1. The molecule has 2 rings (SSSR count). The van der Waals surface area contributed by atoms with Gasteiger partial charge in [0, 0.05) is 18.3 Å². The maximum absolute atomic E-state index is 11.0. The molecule has 0 bridgehead atoms. The lowest BCUT2D eigenvalue weighted by molar-refractivity contribution is -0.114. The normalized spacial score (nSPS) is 11.2. The zero-order chi connectivity index (χ0) is 36.3. The van der Waals surface area contributed by atoms with E-state index in [4.69, 9.17) is 62.6 Å². The zero-order valence-corrected chi connectivity index (χ0v) is 30.1. The highest BCUT2D eigenvalue weighted by atomic mass is 16.6. The Morgan fingerprint density at radius 3 is 0.902 bits per heavy atom. The van der Waals surface area contributed by atoms with Gasteiger partial charge in [0.25, 0.3) is 0 Å². The van der Waals surface area contributed by atoms with Gasteiger partial charge >= 0.3 is 0 Å². The van der Waals surface area contributed by atoms with Crippen molar-refractivity contribution in [2.45, 2.75) is 6.92 Å². The summed E-state index contributed by atoms with van der Waals surface area (Å²) in [5.74, 6) is 1.37. The van der Waals surface area contributed by atoms with Gasteiger partial charge in [-0.3, -0.25) is 4.79 Å². The first-order valence-electron chi connectivity index (χ1n) is 17.4. The van der Waals surface area contributed by atoms with Crippen LogP contribution in [0.3, 0.4) is 0 Å². The van der Waals surface area contributed by atoms with Gasteiger partial charge in [0.2, 0.25) is 5.91 Å². The van der Waals surface area contributed by atoms with E-state index in [1.165, 1.54) is 6.92 Å². The van der Waals surface area contributed by atoms with Crippen molar-refractivity contribution in [3.05, 3.63) is 48.5 Å². The summed E-state index contributed by atoms with van der Waals surface area (Å²) in [5, 5.41) is 2.71. The molecule has 0 unspecified atom stereocenters. The number of carbonyl (C=O) groups is 1. The standard InChI is InChI=1S/C36H58N2O13/c1-32(39)38-34-4-8-36(9-5-34)51-31-29-49-27-25-47-23-21-45-19-17-43-15-13-41-11-10-40-12-14-42-16-18-44-20-22-46-24-26-48-28-30-50-35-6-2-33(37)3-7-35/h2-9H,10-31,37H2,1H3,(H,38,39). The molecule has 51 heavy (non-hydrogen) atoms. The molecule has 1 amide bonds. The van der Waals surface area contributed by atoms with Gasteiger partial charge in [-0.15, -0.1) is 0 Å². The van der Waals surface area contributed by atoms with Crippen molar-refractivity contribution < 1.29 is 61.6 Å². The van der Waals surface area contributed by atoms with Gasteiger partial charge in [-0.2, -0.15) is 0 Å². The molecule has 0 aliphatic rings. The van der Waals surface area contributed by atoms with E-state index >= 15 is 0 Å². The molecule has 0 radical (unpaired) electrons. The summed E-state index contributed by atoms with van der Waals surface area (Å²) in [4.78, 5) is 11.0. The Bertz CT molecular complexity index is 1060. The molecule has 0 fully saturated rings. The van der Waals surface area contributed by atoms with Crippen LogP contribution in [0.1, 0.15) is 6.92 Å². The number of hydrogen-bond donors (Lipinski definition) is 2. The quantitative estimate of drug-likeness (QED) is 0.0778. The maximum atomic E-state index is 11.0. The molecule has 0 atom stereocenters. The second-order valence-electron chi connectivity index (χ2n) is 10.6. The Hall–Kier alpha value is -3.09. The number of ether oxygens (including phenoxy) is 12. The molecule has 2 aromatic rings. The van der Waals surface area contributed by atoms with Crippen LogP contribution in [-0.4, -0.2) is 151 Å². The maximum Gasteiger partial charge on any atom is 0.221 e. The van der Waals surface area contributed by atoms with Crippen molar-refractivity contribution in [3.63, 3.8) is 0 Å². The van der Waals surface area contributed by atoms with Gasteiger partial charge in [-0.1, -0.05) is 0 Å². The molecule has 2 aromatic carbocycles. The van der Waals surface area contributed by atoms with E-state index in [2.05, 4.69) is 5.32 Å². The second-order valence-corrected chi connectivity index (χ2v) is 10.6. The molecule has 290 valence electrons. The van der Waals surface area contributed by atoms with Crippen LogP contribution in [0.5, 0.6) is 11.5 Å². The third-order valence-electron chi connectivity index (χ3n) is 6.40. The summed E-state index contributed by atoms with van der Waals surface area (Å²) in [7, 11) is 0. The van der Waals surface area contributed by atoms with E-state index in [9.17, 15) is 4.79 Å². The average Bonchev–Trinajstić information content (AvgIpc) is 3.13. The molecule has 0 aliphatic carbocycles. The second kappa shape index (κ2) is 32.8. The third-order valence-corrected chi connectivity index (χ3v) is 6.40. The van der Waals surface area contributed by atoms with Gasteiger partial charge in [0.05, 0.1) is 132 Å². The highest BCUT2D eigenvalue weighted by molar-refractivity contribution is 5.88. The third kappa shape index (κ3) is 28.2. The van der Waals surface area contributed by atoms with Crippen LogP contribution >= 0.6 is 0 Å². The van der Waals surface area contributed by atoms with Crippen molar-refractivity contribution in [2.24, 2.45) is 0 Å². The fraction of sp³-hybridized carbons (Fsp3) is 0.639. The average molecular weight is 727 g/mol. The number of nitrogen functional groups attached to an aromatic ring is 1. The first kappa shape index (κ1) is 44.1. The van der Waals surface area contributed by atoms with Gasteiger partial charge in [-0.25, -0.2) is 0 Å². The molecular weight excluding hydrogens is 668 g/mol. The van der Waals surface area contributed by atoms with Crippen LogP contribution < -0.4 is 20.5 Å². The number of hydrogen-bond acceptors (Lipinski definition) is 14. The Morgan fingerprint density at radius 2 is 0.647 bits per heavy atom. The number of nitrogens with two attached hydrogens (primary N) is 1. The molecule has 3 N–H and O–H groups in total. The Balaban J connectivity index is 1.16. The smallest absolute Gasteiger partial charge is 0.221 e. The summed E-state index contributed by atoms with van der Waals surface area (Å²) in [6.07, 6.45) is 0. The number of benzene rings is 2. The van der Waals surface area contributed by atoms with Crippen LogP contribution in [0.15, 0.2) is 48.5 Å². The van der Waals surface area contributed by atoms with Crippen molar-refractivity contribution in [3.8, 4) is 11.5 Å². The van der Waals surface area contributed by atoms with Crippen LogP contribution in [0.4, 0.5) is 11.4 Å². The van der Waals surface area contributed by atoms with Crippen LogP contribution in [-0.2, 0) is 52.2 Å². The Morgan fingerprint density at radius 1 is 0.412 bits per heavy atom. The van der Waals surface area contributed by atoms with E-state index in [1.54, 1.807) is 36.4 Å². The van der Waals surface area contributed by atoms with Crippen molar-refractivity contribution in [1.82, 2.24) is 0 Å². The monoisotopic (exact) mass is 726 g/mol. The number of carbonyl (C=O) groups excluding carboxylic acids is 1. The van der Waals surface area contributed by atoms with E-state index < -0.39 is 0 Å². The summed E-state index contributed by atoms with van der Waals surface area (Å²) in [6, 6.07) is 14.4. The summed E-state index contributed by atoms with van der Waals surface area (Å²) < 4.78 is 66.0. The molecule has 0 saturated carbocycles. The van der Waals surface area contributed by atoms with Crippen LogP contribution in [0.2, 0.25) is 0 Å². The largest absolute Gasteiger partial charge is 0.491 e. The molecule has 15 heteroatoms. The minimum Gasteiger partial charge on any atom is -0.491 e. The van der Waals surface area contributed by atoms with E-state index in [1.807, 2.05) is 12.1 Å². The fourth-order valence-corrected chi connectivity index (χ4v) is 3.92. The first-order valence-corrected chi connectivity index (χ1v) is 17.4. The molecule has 15 nitrogen and oxygen atoms in total. The molecular formula is C36H58N2O13. The van der Waals surface area contributed by atoms with Crippen LogP contribution in [0, 0.1) is 0 Å². The summed E-state index contributed by atoms with van der Waals surface area (Å²) in [5.41, 5.74) is 7.08. The first-order chi connectivity index (χ1) is 25.1. The van der Waals surface area contributed by atoms with Crippen molar-refractivity contribution in [2.75, 3.05) is 156 Å². The van der Waals surface area contributed by atoms with E-state index in [0.717, 1.165) is 11.4 Å². The lowest BCUT2D eigenvalue weighted by Gasteiger charge is -2.09. The predicted molar refractivity (Wildman–Crippen MR) is 191 cm³/mol. The lowest BCUT2D eigenvalue weighted by atomic mass is 10.3. The number of amides is 1. The zero-order valence-electron chi connectivity index (χ0n) is 30.1. The van der Waals surface area contributed by atoms with Crippen molar-refractivity contribution in [1.29, 1.82) is 0 Å². The topological polar surface area (TPSA) is 166 Å². The highest BCUT2D eigenvalue weighted by Gasteiger charge is 1.99. The van der Waals surface area contributed by atoms with E-state index in [0.29, 0.717) is 157 Å². The molecule has 0 aromatic heterocycles. The molecule has 0 spiro atoms. The number of rotatable bonds is 36. The minimum atomic E-state index is -0.109. The van der Waals surface area contributed by atoms with Gasteiger partial charge in [-0.05, 0) is 48.5 Å². The Kier molecular flexibility index (Phi) is 28.3. The van der Waals surface area contributed by atoms with E-state index in [-0.39, 0.29) is 5.91 Å². The molecule has 0 heterocycles. The predicted octanol–water partition coefficient (Wildman–Crippen LogP) is 2.85. The van der Waals surface area contributed by atoms with Gasteiger partial charge < -0.3 is 67.9 Å². The van der Waals surface area contributed by atoms with Crippen LogP contribution in [0.25, 0.3) is 0 Å². The fourth-order valence-electron chi connectivity index (χ4n) is 3.92. The highest BCUT2D eigenvalue weighted by Crippen LogP contribution is 2.15. The minimum absolute atomic E-state index is 0.109. The van der Waals surface area contributed by atoms with Crippen molar-refractivity contribution >= 4 is 17.3 Å². The van der Waals surface area contributed by atoms with Gasteiger partial charge in [0.15, 0.2) is 0 Å². The summed E-state index contributed by atoms with van der Waals surface area (Å²) >= 11 is 0. The lowest BCUT2D eigenvalue weighted by Crippen LogP contribution is -2.15. The summed E-state index contributed by atoms with van der Waals surface area (Å²) in [6.45, 7) is 12.2. The van der Waals surface area contributed by atoms with Gasteiger partial charge in [0.1, 0.15) is 24.7 Å². The molecule has 0 saturated heterocycles. The molecule has 0 aliphatic heterocycles.